The van der Waals surface area contributed by atoms with Crippen LogP contribution in [0.25, 0.3) is 11.9 Å². The average molecular weight is 523 g/mol. The molecule has 7 nitrogen and oxygen atoms in total. The Labute approximate surface area is 208 Å². The highest BCUT2D eigenvalue weighted by Gasteiger charge is 2.51. The number of aliphatic imine (C=N–C) groups is 1. The van der Waals surface area contributed by atoms with E-state index in [2.05, 4.69) is 26.8 Å². The predicted molar refractivity (Wildman–Crippen MR) is 132 cm³/mol. The molecule has 0 saturated heterocycles. The van der Waals surface area contributed by atoms with Crippen LogP contribution in [-0.2, 0) is 15.4 Å². The molecular weight excluding hydrogens is 498 g/mol. The molecule has 0 spiro atoms. The number of amidine groups is 1. The average Bonchev–Trinajstić information content (AvgIpc) is 2.76. The van der Waals surface area contributed by atoms with Gasteiger partial charge in [-0.05, 0) is 51.0 Å². The predicted octanol–water partition coefficient (Wildman–Crippen LogP) is 3.66. The van der Waals surface area contributed by atoms with Gasteiger partial charge in [0.15, 0.2) is 15.7 Å². The second-order valence-corrected chi connectivity index (χ2v) is 11.5. The highest BCUT2D eigenvalue weighted by atomic mass is 35.5. The van der Waals surface area contributed by atoms with E-state index in [1.165, 1.54) is 39.1 Å². The van der Waals surface area contributed by atoms with Gasteiger partial charge >= 0.3 is 0 Å². The summed E-state index contributed by atoms with van der Waals surface area (Å²) >= 11 is 5.67. The Kier molecular flexibility index (Phi) is 7.65. The molecule has 2 unspecified atom stereocenters. The Bertz CT molecular complexity index is 1350. The number of aromatic nitrogens is 2. The molecule has 0 fully saturated rings. The lowest BCUT2D eigenvalue weighted by Crippen LogP contribution is -2.56. The van der Waals surface area contributed by atoms with Crippen LogP contribution in [0, 0.1) is 17.7 Å². The molecule has 1 aromatic carbocycles. The summed E-state index contributed by atoms with van der Waals surface area (Å²) in [5, 5.41) is 9.37. The minimum absolute atomic E-state index is 0.0382. The summed E-state index contributed by atoms with van der Waals surface area (Å²) < 4.78 is 54.7. The zero-order valence-corrected chi connectivity index (χ0v) is 21.0. The van der Waals surface area contributed by atoms with Gasteiger partial charge in [0.25, 0.3) is 0 Å². The summed E-state index contributed by atoms with van der Waals surface area (Å²) in [4.78, 5) is 12.0. The highest BCUT2D eigenvalue weighted by molar-refractivity contribution is 7.93. The first-order chi connectivity index (χ1) is 16.3. The normalized spacial score (nSPS) is 24.8. The Hall–Kier alpha value is -2.87. The number of hydrogen-bond acceptors (Lipinski definition) is 7. The Morgan fingerprint density at radius 2 is 2.06 bits per heavy atom. The lowest BCUT2D eigenvalue weighted by molar-refractivity contribution is 0.253. The molecule has 2 aromatic rings. The minimum atomic E-state index is -3.90. The van der Waals surface area contributed by atoms with Crippen molar-refractivity contribution in [3.63, 3.8) is 0 Å². The smallest absolute Gasteiger partial charge is 0.165 e. The molecule has 186 valence electrons. The van der Waals surface area contributed by atoms with Crippen LogP contribution >= 0.6 is 11.6 Å². The number of nitrogens with zero attached hydrogens (tertiary/aromatic N) is 3. The van der Waals surface area contributed by atoms with Crippen LogP contribution in [0.2, 0.25) is 5.15 Å². The monoisotopic (exact) mass is 522 g/mol. The maximum Gasteiger partial charge on any atom is 0.165 e. The molecule has 1 aliphatic rings. The van der Waals surface area contributed by atoms with E-state index in [0.29, 0.717) is 0 Å². The quantitative estimate of drug-likeness (QED) is 0.578. The SMILES string of the molecule is CC(O)C#CCCC1(C)C(N)=N[C@](C)(c2cc(/C=C(\F)c3cnc(Cl)cn3)ccc2F)CS1(=O)=O. The lowest BCUT2D eigenvalue weighted by Gasteiger charge is -2.39. The number of aliphatic hydroxyl groups excluding tert-OH is 1. The molecule has 0 radical (unpaired) electrons. The van der Waals surface area contributed by atoms with E-state index >= 15 is 0 Å². The van der Waals surface area contributed by atoms with Gasteiger partial charge in [-0.2, -0.15) is 0 Å². The topological polar surface area (TPSA) is 119 Å². The van der Waals surface area contributed by atoms with Gasteiger partial charge in [0.1, 0.15) is 38.9 Å². The summed E-state index contributed by atoms with van der Waals surface area (Å²) in [6.07, 6.45) is 2.89. The van der Waals surface area contributed by atoms with E-state index in [-0.39, 0.29) is 40.7 Å². The van der Waals surface area contributed by atoms with Gasteiger partial charge in [-0.3, -0.25) is 4.99 Å². The fraction of sp³-hybridized carbons (Fsp3) is 0.375. The first-order valence-corrected chi connectivity index (χ1v) is 12.7. The van der Waals surface area contributed by atoms with Gasteiger partial charge in [-0.15, -0.1) is 5.92 Å². The number of rotatable bonds is 5. The Morgan fingerprint density at radius 1 is 1.34 bits per heavy atom. The Balaban J connectivity index is 1.99. The third-order valence-electron chi connectivity index (χ3n) is 5.83. The molecule has 2 heterocycles. The zero-order chi connectivity index (χ0) is 26.0. The molecule has 0 saturated carbocycles. The van der Waals surface area contributed by atoms with Crippen LogP contribution in [0.1, 0.15) is 50.4 Å². The van der Waals surface area contributed by atoms with Crippen LogP contribution in [0.4, 0.5) is 8.78 Å². The minimum Gasteiger partial charge on any atom is -0.386 e. The lowest BCUT2D eigenvalue weighted by atomic mass is 9.91. The van der Waals surface area contributed by atoms with E-state index in [4.69, 9.17) is 17.3 Å². The molecule has 1 aliphatic heterocycles. The number of aliphatic hydroxyl groups is 1. The summed E-state index contributed by atoms with van der Waals surface area (Å²) in [5.41, 5.74) is 4.79. The second kappa shape index (κ2) is 10.0. The number of sulfone groups is 1. The summed E-state index contributed by atoms with van der Waals surface area (Å²) in [6, 6.07) is 3.80. The van der Waals surface area contributed by atoms with Crippen molar-refractivity contribution in [1.29, 1.82) is 0 Å². The van der Waals surface area contributed by atoms with E-state index in [9.17, 15) is 22.3 Å². The molecule has 3 rings (SSSR count). The van der Waals surface area contributed by atoms with Crippen molar-refractivity contribution in [2.75, 3.05) is 5.75 Å². The van der Waals surface area contributed by atoms with E-state index < -0.39 is 43.6 Å². The van der Waals surface area contributed by atoms with E-state index in [1.54, 1.807) is 0 Å². The zero-order valence-electron chi connectivity index (χ0n) is 19.4. The maximum absolute atomic E-state index is 14.9. The third kappa shape index (κ3) is 5.69. The van der Waals surface area contributed by atoms with Crippen molar-refractivity contribution in [3.8, 4) is 11.8 Å². The standard InChI is InChI=1S/C24H25ClF2N4O3S/c1-15(32)6-4-5-9-24(3)22(28)31-23(2,14-35(24,33)34)17-10-16(7-8-18(17)26)11-19(27)20-12-30-21(25)13-29-20/h7-8,10-13,15,32H,5,9,14H2,1-3H3,(H2,28,31)/b19-11-/t15?,23-,24?/m0/s1. The molecule has 1 aromatic heterocycles. The molecule has 0 aliphatic carbocycles. The van der Waals surface area contributed by atoms with Gasteiger partial charge in [0.05, 0.1) is 18.1 Å². The second-order valence-electron chi connectivity index (χ2n) is 8.71. The summed E-state index contributed by atoms with van der Waals surface area (Å²) in [5.74, 6) is 3.19. The molecule has 3 atom stereocenters. The van der Waals surface area contributed by atoms with Gasteiger partial charge in [0, 0.05) is 12.0 Å². The maximum atomic E-state index is 14.9. The van der Waals surface area contributed by atoms with Crippen LogP contribution in [-0.4, -0.2) is 45.9 Å². The molecule has 0 amide bonds. The summed E-state index contributed by atoms with van der Waals surface area (Å²) in [7, 11) is -3.90. The molecule has 35 heavy (non-hydrogen) atoms. The Morgan fingerprint density at radius 3 is 2.66 bits per heavy atom. The number of halogens is 3. The third-order valence-corrected chi connectivity index (χ3v) is 8.76. The van der Waals surface area contributed by atoms with Crippen molar-refractivity contribution in [2.45, 2.75) is 50.0 Å². The van der Waals surface area contributed by atoms with Crippen molar-refractivity contribution in [1.82, 2.24) is 9.97 Å². The molecule has 3 N–H and O–H groups in total. The van der Waals surface area contributed by atoms with Gasteiger partial charge in [0.2, 0.25) is 0 Å². The highest BCUT2D eigenvalue weighted by Crippen LogP contribution is 2.40. The van der Waals surface area contributed by atoms with Crippen molar-refractivity contribution in [3.05, 3.63) is 58.4 Å². The fourth-order valence-corrected chi connectivity index (χ4v) is 5.90. The van der Waals surface area contributed by atoms with Crippen LogP contribution in [0.15, 0.2) is 35.6 Å². The molecular formula is C24H25ClF2N4O3S. The number of benzene rings is 1. The molecule has 0 bridgehead atoms. The van der Waals surface area contributed by atoms with Crippen LogP contribution in [0.5, 0.6) is 0 Å². The van der Waals surface area contributed by atoms with Gasteiger partial charge < -0.3 is 10.8 Å². The summed E-state index contributed by atoms with van der Waals surface area (Å²) in [6.45, 7) is 4.43. The molecule has 11 heteroatoms. The first-order valence-electron chi connectivity index (χ1n) is 10.7. The van der Waals surface area contributed by atoms with Crippen LogP contribution < -0.4 is 5.73 Å². The van der Waals surface area contributed by atoms with Crippen molar-refractivity contribution >= 4 is 39.2 Å². The van der Waals surface area contributed by atoms with Crippen molar-refractivity contribution in [2.24, 2.45) is 10.7 Å². The van der Waals surface area contributed by atoms with Crippen LogP contribution in [0.3, 0.4) is 0 Å². The number of nitrogens with two attached hydrogens (primary N) is 1. The van der Waals surface area contributed by atoms with E-state index in [1.807, 2.05) is 0 Å². The largest absolute Gasteiger partial charge is 0.386 e. The van der Waals surface area contributed by atoms with E-state index in [0.717, 1.165) is 18.3 Å². The number of hydrogen-bond donors (Lipinski definition) is 2. The fourth-order valence-electron chi connectivity index (χ4n) is 3.75. The van der Waals surface area contributed by atoms with Gasteiger partial charge in [-0.25, -0.2) is 27.2 Å². The van der Waals surface area contributed by atoms with Crippen molar-refractivity contribution < 1.29 is 22.3 Å². The first kappa shape index (κ1) is 26.7. The van der Waals surface area contributed by atoms with Gasteiger partial charge in [-0.1, -0.05) is 23.6 Å².